The first-order valence-electron chi connectivity index (χ1n) is 10.6. The lowest BCUT2D eigenvalue weighted by molar-refractivity contribution is 0.369. The molecule has 3 aromatic rings. The van der Waals surface area contributed by atoms with Crippen molar-refractivity contribution in [3.05, 3.63) is 63.7 Å². The Morgan fingerprint density at radius 3 is 2.35 bits per heavy atom. The van der Waals surface area contributed by atoms with E-state index in [4.69, 9.17) is 21.7 Å². The molecule has 1 aliphatic carbocycles. The SMILES string of the molecule is NS(=O)(=O)c1cc(-c2csc(=Nc3ccccc3)n2C2CCCCCCC2)ccc1Cl. The topological polar surface area (TPSA) is 77.5 Å². The maximum Gasteiger partial charge on any atom is 0.239 e. The van der Waals surface area contributed by atoms with Gasteiger partial charge in [-0.1, -0.05) is 68.0 Å². The number of para-hydroxylation sites is 1. The Morgan fingerprint density at radius 2 is 1.68 bits per heavy atom. The lowest BCUT2D eigenvalue weighted by atomic mass is 9.96. The van der Waals surface area contributed by atoms with Crippen molar-refractivity contribution in [2.45, 2.75) is 55.9 Å². The van der Waals surface area contributed by atoms with Crippen molar-refractivity contribution in [2.24, 2.45) is 10.1 Å². The van der Waals surface area contributed by atoms with Crippen LogP contribution in [0, 0.1) is 0 Å². The van der Waals surface area contributed by atoms with Crippen molar-refractivity contribution in [3.63, 3.8) is 0 Å². The second-order valence-corrected chi connectivity index (χ2v) is 10.7. The fourth-order valence-electron chi connectivity index (χ4n) is 4.15. The number of nitrogens with two attached hydrogens (primary N) is 1. The number of hydrogen-bond donors (Lipinski definition) is 1. The van der Waals surface area contributed by atoms with Gasteiger partial charge >= 0.3 is 0 Å². The predicted octanol–water partition coefficient (Wildman–Crippen LogP) is 6.04. The Morgan fingerprint density at radius 1 is 1.00 bits per heavy atom. The molecule has 31 heavy (non-hydrogen) atoms. The molecule has 0 unspecified atom stereocenters. The summed E-state index contributed by atoms with van der Waals surface area (Å²) in [6.45, 7) is 0. The van der Waals surface area contributed by atoms with Crippen LogP contribution in [0.2, 0.25) is 5.02 Å². The average Bonchev–Trinajstić information content (AvgIpc) is 3.11. The van der Waals surface area contributed by atoms with E-state index in [1.165, 1.54) is 32.1 Å². The van der Waals surface area contributed by atoms with E-state index in [1.807, 2.05) is 36.4 Å². The number of primary sulfonamides is 1. The summed E-state index contributed by atoms with van der Waals surface area (Å²) in [6.07, 6.45) is 8.32. The normalized spacial score (nSPS) is 16.8. The van der Waals surface area contributed by atoms with Crippen LogP contribution in [0.1, 0.15) is 51.0 Å². The minimum atomic E-state index is -3.92. The van der Waals surface area contributed by atoms with E-state index in [1.54, 1.807) is 23.5 Å². The fraction of sp³-hybridized carbons (Fsp3) is 0.348. The third-order valence-corrected chi connectivity index (χ3v) is 7.93. The van der Waals surface area contributed by atoms with E-state index in [0.29, 0.717) is 6.04 Å². The monoisotopic (exact) mass is 475 g/mol. The van der Waals surface area contributed by atoms with E-state index in [0.717, 1.165) is 34.6 Å². The summed E-state index contributed by atoms with van der Waals surface area (Å²) in [7, 11) is -3.92. The number of hydrogen-bond acceptors (Lipinski definition) is 4. The predicted molar refractivity (Wildman–Crippen MR) is 127 cm³/mol. The molecule has 0 aliphatic heterocycles. The molecule has 0 atom stereocenters. The molecule has 1 aromatic heterocycles. The quantitative estimate of drug-likeness (QED) is 0.499. The van der Waals surface area contributed by atoms with Crippen LogP contribution in [0.15, 0.2) is 63.8 Å². The van der Waals surface area contributed by atoms with Crippen molar-refractivity contribution in [1.29, 1.82) is 0 Å². The van der Waals surface area contributed by atoms with Crippen LogP contribution in [0.5, 0.6) is 0 Å². The van der Waals surface area contributed by atoms with Crippen LogP contribution in [-0.4, -0.2) is 13.0 Å². The van der Waals surface area contributed by atoms with Gasteiger partial charge in [-0.05, 0) is 37.1 Å². The second-order valence-electron chi connectivity index (χ2n) is 7.91. The first-order valence-corrected chi connectivity index (χ1v) is 13.4. The van der Waals surface area contributed by atoms with Gasteiger partial charge in [0.2, 0.25) is 10.0 Å². The molecule has 2 aromatic carbocycles. The van der Waals surface area contributed by atoms with Crippen LogP contribution in [0.4, 0.5) is 5.69 Å². The molecule has 0 spiro atoms. The van der Waals surface area contributed by atoms with Crippen molar-refractivity contribution < 1.29 is 8.42 Å². The Hall–Kier alpha value is -1.93. The van der Waals surface area contributed by atoms with Gasteiger partial charge in [-0.3, -0.25) is 0 Å². The van der Waals surface area contributed by atoms with E-state index in [2.05, 4.69) is 9.95 Å². The number of aromatic nitrogens is 1. The molecule has 0 amide bonds. The molecule has 5 nitrogen and oxygen atoms in total. The highest BCUT2D eigenvalue weighted by Gasteiger charge is 2.21. The van der Waals surface area contributed by atoms with Crippen molar-refractivity contribution in [1.82, 2.24) is 4.57 Å². The van der Waals surface area contributed by atoms with Crippen molar-refractivity contribution >= 4 is 38.6 Å². The van der Waals surface area contributed by atoms with E-state index < -0.39 is 10.0 Å². The summed E-state index contributed by atoms with van der Waals surface area (Å²) in [4.78, 5) is 5.78. The molecule has 4 rings (SSSR count). The summed E-state index contributed by atoms with van der Waals surface area (Å²) >= 11 is 7.70. The zero-order valence-electron chi connectivity index (χ0n) is 17.2. The minimum absolute atomic E-state index is 0.0522. The molecule has 8 heteroatoms. The maximum atomic E-state index is 12.0. The highest BCUT2D eigenvalue weighted by molar-refractivity contribution is 7.89. The highest BCUT2D eigenvalue weighted by atomic mass is 35.5. The van der Waals surface area contributed by atoms with Crippen LogP contribution in [0.25, 0.3) is 11.3 Å². The molecule has 0 saturated heterocycles. The van der Waals surface area contributed by atoms with Crippen LogP contribution in [0.3, 0.4) is 0 Å². The summed E-state index contributed by atoms with van der Waals surface area (Å²) in [5.74, 6) is 0. The van der Waals surface area contributed by atoms with Crippen molar-refractivity contribution in [3.8, 4) is 11.3 Å². The maximum absolute atomic E-state index is 12.0. The number of benzene rings is 2. The third kappa shape index (κ3) is 5.29. The largest absolute Gasteiger partial charge is 0.313 e. The summed E-state index contributed by atoms with van der Waals surface area (Å²) < 4.78 is 26.3. The first kappa shape index (κ1) is 22.3. The number of rotatable bonds is 4. The van der Waals surface area contributed by atoms with Gasteiger partial charge in [-0.2, -0.15) is 0 Å². The smallest absolute Gasteiger partial charge is 0.239 e. The van der Waals surface area contributed by atoms with E-state index in [9.17, 15) is 8.42 Å². The average molecular weight is 476 g/mol. The molecule has 2 N–H and O–H groups in total. The van der Waals surface area contributed by atoms with E-state index >= 15 is 0 Å². The van der Waals surface area contributed by atoms with Gasteiger partial charge in [0.15, 0.2) is 4.80 Å². The Bertz CT molecular complexity index is 1210. The Kier molecular flexibility index (Phi) is 6.96. The second kappa shape index (κ2) is 9.69. The number of thiazole rings is 1. The molecule has 1 saturated carbocycles. The number of sulfonamides is 1. The summed E-state index contributed by atoms with van der Waals surface area (Å²) in [6, 6.07) is 15.3. The van der Waals surface area contributed by atoms with Gasteiger partial charge < -0.3 is 4.57 Å². The molecular formula is C23H26ClN3O2S2. The molecule has 164 valence electrons. The molecule has 1 fully saturated rings. The van der Waals surface area contributed by atoms with Crippen LogP contribution in [-0.2, 0) is 10.0 Å². The van der Waals surface area contributed by atoms with Crippen LogP contribution < -0.4 is 9.94 Å². The summed E-state index contributed by atoms with van der Waals surface area (Å²) in [5, 5.41) is 7.58. The number of nitrogens with zero attached hydrogens (tertiary/aromatic N) is 2. The van der Waals surface area contributed by atoms with Crippen molar-refractivity contribution in [2.75, 3.05) is 0 Å². The fourth-order valence-corrected chi connectivity index (χ4v) is 6.21. The van der Waals surface area contributed by atoms with Gasteiger partial charge in [0.1, 0.15) is 4.90 Å². The standard InChI is InChI=1S/C23H26ClN3O2S2/c24-20-14-13-17(15-22(20)31(25,28)29)21-16-30-23(26-18-9-5-4-6-10-18)27(21)19-11-7-2-1-3-8-12-19/h4-6,9-10,13-16,19H,1-3,7-8,11-12H2,(H2,25,28,29). The first-order chi connectivity index (χ1) is 14.9. The highest BCUT2D eigenvalue weighted by Crippen LogP contribution is 2.33. The van der Waals surface area contributed by atoms with Gasteiger partial charge in [0, 0.05) is 17.0 Å². The lowest BCUT2D eigenvalue weighted by Crippen LogP contribution is -2.23. The molecule has 1 aliphatic rings. The molecule has 0 bridgehead atoms. The zero-order valence-corrected chi connectivity index (χ0v) is 19.6. The Labute approximate surface area is 192 Å². The van der Waals surface area contributed by atoms with E-state index in [-0.39, 0.29) is 9.92 Å². The van der Waals surface area contributed by atoms with Gasteiger partial charge in [0.25, 0.3) is 0 Å². The van der Waals surface area contributed by atoms with Gasteiger partial charge in [-0.15, -0.1) is 11.3 Å². The molecule has 1 heterocycles. The zero-order chi connectivity index (χ0) is 21.8. The third-order valence-electron chi connectivity index (χ3n) is 5.70. The van der Waals surface area contributed by atoms with Gasteiger partial charge in [-0.25, -0.2) is 18.5 Å². The number of halogens is 1. The Balaban J connectivity index is 1.88. The van der Waals surface area contributed by atoms with Gasteiger partial charge in [0.05, 0.1) is 16.4 Å². The minimum Gasteiger partial charge on any atom is -0.313 e. The lowest BCUT2D eigenvalue weighted by Gasteiger charge is -2.24. The summed E-state index contributed by atoms with van der Waals surface area (Å²) in [5.41, 5.74) is 2.63. The molecular weight excluding hydrogens is 450 g/mol. The molecule has 0 radical (unpaired) electrons. The van der Waals surface area contributed by atoms with Crippen LogP contribution >= 0.6 is 22.9 Å².